The summed E-state index contributed by atoms with van der Waals surface area (Å²) in [6.07, 6.45) is 0. The van der Waals surface area contributed by atoms with E-state index in [1.807, 2.05) is 0 Å². The highest BCUT2D eigenvalue weighted by atomic mass is 32.2. The average molecular weight is 193 g/mol. The van der Waals surface area contributed by atoms with E-state index in [4.69, 9.17) is 0 Å². The van der Waals surface area contributed by atoms with Gasteiger partial charge in [-0.15, -0.1) is 0 Å². The van der Waals surface area contributed by atoms with Crippen LogP contribution in [-0.4, -0.2) is 37.9 Å². The SMILES string of the molecule is CC(=O)N[C@H]1CS(=O)(=O)C[C@@H]1[NH3+]. The smallest absolute Gasteiger partial charge is 0.217 e. The molecular formula is C6H13N2O3S+. The molecule has 1 rings (SSSR count). The molecular weight excluding hydrogens is 180 g/mol. The zero-order valence-electron chi connectivity index (χ0n) is 6.91. The van der Waals surface area contributed by atoms with Crippen LogP contribution in [0.25, 0.3) is 0 Å². The molecule has 0 bridgehead atoms. The van der Waals surface area contributed by atoms with Gasteiger partial charge in [-0.2, -0.15) is 0 Å². The van der Waals surface area contributed by atoms with Crippen LogP contribution < -0.4 is 11.1 Å². The predicted octanol–water partition coefficient (Wildman–Crippen LogP) is -2.47. The van der Waals surface area contributed by atoms with Crippen molar-refractivity contribution >= 4 is 15.7 Å². The van der Waals surface area contributed by atoms with Gasteiger partial charge in [0.15, 0.2) is 9.84 Å². The number of sulfone groups is 1. The molecule has 6 heteroatoms. The van der Waals surface area contributed by atoms with E-state index in [9.17, 15) is 13.2 Å². The molecule has 2 atom stereocenters. The lowest BCUT2D eigenvalue weighted by Gasteiger charge is -2.10. The van der Waals surface area contributed by atoms with E-state index in [1.165, 1.54) is 6.92 Å². The molecule has 1 heterocycles. The molecule has 1 fully saturated rings. The Morgan fingerprint density at radius 2 is 2.08 bits per heavy atom. The van der Waals surface area contributed by atoms with Gasteiger partial charge in [-0.3, -0.25) is 4.79 Å². The van der Waals surface area contributed by atoms with Crippen molar-refractivity contribution in [3.8, 4) is 0 Å². The van der Waals surface area contributed by atoms with Crippen molar-refractivity contribution in [1.29, 1.82) is 0 Å². The number of rotatable bonds is 1. The Hall–Kier alpha value is -0.620. The van der Waals surface area contributed by atoms with Gasteiger partial charge in [-0.25, -0.2) is 8.42 Å². The molecule has 0 aromatic carbocycles. The third kappa shape index (κ3) is 2.18. The number of nitrogens with one attached hydrogen (secondary N) is 1. The van der Waals surface area contributed by atoms with Crippen molar-refractivity contribution in [2.24, 2.45) is 0 Å². The fraction of sp³-hybridized carbons (Fsp3) is 0.833. The van der Waals surface area contributed by atoms with E-state index in [2.05, 4.69) is 11.1 Å². The molecule has 0 aromatic heterocycles. The molecule has 5 nitrogen and oxygen atoms in total. The first-order chi connectivity index (χ1) is 5.41. The van der Waals surface area contributed by atoms with Crippen LogP contribution in [0.1, 0.15) is 6.92 Å². The lowest BCUT2D eigenvalue weighted by atomic mass is 10.2. The van der Waals surface area contributed by atoms with Gasteiger partial charge in [0.2, 0.25) is 5.91 Å². The Labute approximate surface area is 71.2 Å². The number of carbonyl (C=O) groups excluding carboxylic acids is 1. The highest BCUT2D eigenvalue weighted by molar-refractivity contribution is 7.91. The maximum absolute atomic E-state index is 11.0. The minimum atomic E-state index is -2.97. The molecule has 0 saturated carbocycles. The molecule has 1 aliphatic rings. The van der Waals surface area contributed by atoms with Gasteiger partial charge in [0.05, 0.1) is 11.8 Å². The second-order valence-corrected chi connectivity index (χ2v) is 5.30. The van der Waals surface area contributed by atoms with Gasteiger partial charge in [-0.1, -0.05) is 0 Å². The zero-order chi connectivity index (χ0) is 9.35. The molecule has 4 N–H and O–H groups in total. The first-order valence-corrected chi connectivity index (χ1v) is 5.53. The predicted molar refractivity (Wildman–Crippen MR) is 42.9 cm³/mol. The molecule has 1 aliphatic heterocycles. The number of carbonyl (C=O) groups is 1. The summed E-state index contributed by atoms with van der Waals surface area (Å²) in [5, 5.41) is 2.57. The number of quaternary nitrogens is 1. The van der Waals surface area contributed by atoms with E-state index >= 15 is 0 Å². The Balaban J connectivity index is 2.64. The molecule has 0 spiro atoms. The van der Waals surface area contributed by atoms with Crippen LogP contribution in [0.3, 0.4) is 0 Å². The van der Waals surface area contributed by atoms with Gasteiger partial charge < -0.3 is 11.1 Å². The Morgan fingerprint density at radius 1 is 1.50 bits per heavy atom. The topological polar surface area (TPSA) is 90.9 Å². The minimum absolute atomic E-state index is 0.0285. The first-order valence-electron chi connectivity index (χ1n) is 3.71. The minimum Gasteiger partial charge on any atom is -0.353 e. The summed E-state index contributed by atoms with van der Waals surface area (Å²) in [6.45, 7) is 1.37. The Bertz CT molecular complexity index is 285. The Kier molecular flexibility index (Phi) is 2.39. The van der Waals surface area contributed by atoms with Gasteiger partial charge in [0, 0.05) is 6.92 Å². The number of amides is 1. The van der Waals surface area contributed by atoms with Crippen molar-refractivity contribution in [2.45, 2.75) is 19.0 Å². The summed E-state index contributed by atoms with van der Waals surface area (Å²) in [6, 6.07) is -0.508. The van der Waals surface area contributed by atoms with Crippen LogP contribution in [0, 0.1) is 0 Å². The van der Waals surface area contributed by atoms with Crippen LogP contribution in [0.2, 0.25) is 0 Å². The molecule has 0 radical (unpaired) electrons. The van der Waals surface area contributed by atoms with Crippen molar-refractivity contribution in [2.75, 3.05) is 11.5 Å². The maximum Gasteiger partial charge on any atom is 0.217 e. The highest BCUT2D eigenvalue weighted by Gasteiger charge is 2.38. The highest BCUT2D eigenvalue weighted by Crippen LogP contribution is 2.08. The van der Waals surface area contributed by atoms with Crippen LogP contribution in [0.4, 0.5) is 0 Å². The fourth-order valence-corrected chi connectivity index (χ4v) is 3.26. The fourth-order valence-electron chi connectivity index (χ4n) is 1.34. The molecule has 1 saturated heterocycles. The standard InChI is InChI=1S/C6H12N2O3S/c1-4(9)8-6-3-12(10,11)2-5(6)7/h5-6H,2-3,7H2,1H3,(H,8,9)/p+1/t5-,6-/m0/s1. The number of hydrogen-bond donors (Lipinski definition) is 2. The van der Waals surface area contributed by atoms with Gasteiger partial charge >= 0.3 is 0 Å². The van der Waals surface area contributed by atoms with Crippen molar-refractivity contribution in [3.63, 3.8) is 0 Å². The van der Waals surface area contributed by atoms with Gasteiger partial charge in [0.1, 0.15) is 11.8 Å². The van der Waals surface area contributed by atoms with Crippen molar-refractivity contribution in [3.05, 3.63) is 0 Å². The third-order valence-corrected chi connectivity index (χ3v) is 3.66. The third-order valence-electron chi connectivity index (χ3n) is 1.86. The summed E-state index contributed by atoms with van der Waals surface area (Å²) in [5.41, 5.74) is 3.67. The van der Waals surface area contributed by atoms with Gasteiger partial charge in [-0.05, 0) is 0 Å². The van der Waals surface area contributed by atoms with E-state index in [0.29, 0.717) is 0 Å². The van der Waals surface area contributed by atoms with Crippen LogP contribution in [-0.2, 0) is 14.6 Å². The molecule has 0 aliphatic carbocycles. The first kappa shape index (κ1) is 9.47. The van der Waals surface area contributed by atoms with E-state index in [1.54, 1.807) is 0 Å². The second-order valence-electron chi connectivity index (χ2n) is 3.14. The lowest BCUT2D eigenvalue weighted by Crippen LogP contribution is -2.69. The second kappa shape index (κ2) is 3.02. The lowest BCUT2D eigenvalue weighted by molar-refractivity contribution is -0.415. The monoisotopic (exact) mass is 193 g/mol. The normalized spacial score (nSPS) is 33.2. The molecule has 0 unspecified atom stereocenters. The van der Waals surface area contributed by atoms with E-state index in [-0.39, 0.29) is 29.5 Å². The Morgan fingerprint density at radius 3 is 2.42 bits per heavy atom. The maximum atomic E-state index is 11.0. The molecule has 12 heavy (non-hydrogen) atoms. The van der Waals surface area contributed by atoms with E-state index < -0.39 is 9.84 Å². The molecule has 70 valence electrons. The quantitative estimate of drug-likeness (QED) is 0.483. The van der Waals surface area contributed by atoms with Crippen molar-refractivity contribution < 1.29 is 18.9 Å². The van der Waals surface area contributed by atoms with Crippen molar-refractivity contribution in [1.82, 2.24) is 5.32 Å². The molecule has 0 aromatic rings. The summed E-state index contributed by atoms with van der Waals surface area (Å²) in [7, 11) is -2.97. The van der Waals surface area contributed by atoms with Crippen LogP contribution in [0.5, 0.6) is 0 Å². The summed E-state index contributed by atoms with van der Waals surface area (Å²) < 4.78 is 22.1. The summed E-state index contributed by atoms with van der Waals surface area (Å²) in [4.78, 5) is 10.6. The summed E-state index contributed by atoms with van der Waals surface area (Å²) >= 11 is 0. The number of hydrogen-bond acceptors (Lipinski definition) is 3. The largest absolute Gasteiger partial charge is 0.353 e. The summed E-state index contributed by atoms with van der Waals surface area (Å²) in [5.74, 6) is -0.0932. The van der Waals surface area contributed by atoms with E-state index in [0.717, 1.165) is 0 Å². The van der Waals surface area contributed by atoms with Gasteiger partial charge in [0.25, 0.3) is 0 Å². The zero-order valence-corrected chi connectivity index (χ0v) is 7.73. The average Bonchev–Trinajstić information content (AvgIpc) is 2.03. The molecule has 1 amide bonds. The van der Waals surface area contributed by atoms with Crippen LogP contribution >= 0.6 is 0 Å². The van der Waals surface area contributed by atoms with Crippen LogP contribution in [0.15, 0.2) is 0 Å².